The Morgan fingerprint density at radius 1 is 1.12 bits per heavy atom. The van der Waals surface area contributed by atoms with Crippen LogP contribution in [0.4, 0.5) is 0 Å². The van der Waals surface area contributed by atoms with Crippen LogP contribution in [-0.2, 0) is 11.4 Å². The van der Waals surface area contributed by atoms with Gasteiger partial charge in [0.1, 0.15) is 12.4 Å². The van der Waals surface area contributed by atoms with Gasteiger partial charge in [-0.2, -0.15) is 5.01 Å². The summed E-state index contributed by atoms with van der Waals surface area (Å²) in [5.41, 5.74) is 4.44. The number of thiocarbonyl (C=S) groups is 1. The highest BCUT2D eigenvalue weighted by atomic mass is 79.9. The van der Waals surface area contributed by atoms with Crippen molar-refractivity contribution in [1.29, 1.82) is 0 Å². The van der Waals surface area contributed by atoms with Crippen LogP contribution in [0.2, 0.25) is 10.0 Å². The molecule has 0 atom stereocenters. The molecule has 1 saturated heterocycles. The molecule has 0 aliphatic carbocycles. The number of thioether (sulfide) groups is 1. The SMILES string of the molecule is O=C(NN1C(=O)/C(=C\c2ccccc2OCc2ccc(Cl)cc2Cl)SC1=S)c1ccc(Br)cc1. The first-order valence-electron chi connectivity index (χ1n) is 9.82. The molecule has 5 nitrogen and oxygen atoms in total. The highest BCUT2D eigenvalue weighted by molar-refractivity contribution is 9.10. The van der Waals surface area contributed by atoms with Crippen LogP contribution >= 0.6 is 63.1 Å². The second kappa shape index (κ2) is 10.9. The zero-order valence-corrected chi connectivity index (χ0v) is 22.0. The van der Waals surface area contributed by atoms with Gasteiger partial charge in [0.25, 0.3) is 11.8 Å². The zero-order valence-electron chi connectivity index (χ0n) is 17.3. The predicted molar refractivity (Wildman–Crippen MR) is 144 cm³/mol. The van der Waals surface area contributed by atoms with Gasteiger partial charge in [-0.1, -0.05) is 75.2 Å². The van der Waals surface area contributed by atoms with Crippen molar-refractivity contribution >= 4 is 85.3 Å². The van der Waals surface area contributed by atoms with Crippen molar-refractivity contribution in [3.63, 3.8) is 0 Å². The van der Waals surface area contributed by atoms with Crippen molar-refractivity contribution in [2.45, 2.75) is 6.61 Å². The van der Waals surface area contributed by atoms with Crippen LogP contribution < -0.4 is 10.2 Å². The molecule has 1 fully saturated rings. The van der Waals surface area contributed by atoms with Gasteiger partial charge in [-0.3, -0.25) is 15.0 Å². The number of carbonyl (C=O) groups excluding carboxylic acids is 2. The molecular weight excluding hydrogens is 579 g/mol. The first kappa shape index (κ1) is 24.8. The standard InChI is InChI=1S/C24H15BrCl2N2O3S2/c25-17-8-5-14(6-9-17)22(30)28-29-23(31)21(34-24(29)33)11-15-3-1-2-4-20(15)32-13-16-7-10-18(26)12-19(16)27/h1-12H,13H2,(H,28,30)/b21-11+. The van der Waals surface area contributed by atoms with Crippen LogP contribution in [0.25, 0.3) is 6.08 Å². The second-order valence-corrected chi connectivity index (χ2v) is 10.5. The number of carbonyl (C=O) groups is 2. The summed E-state index contributed by atoms with van der Waals surface area (Å²) >= 11 is 21.9. The number of ether oxygens (including phenoxy) is 1. The van der Waals surface area contributed by atoms with Crippen molar-refractivity contribution in [2.24, 2.45) is 0 Å². The number of halogens is 3. The van der Waals surface area contributed by atoms with Crippen LogP contribution in [0.1, 0.15) is 21.5 Å². The molecule has 0 unspecified atom stereocenters. The van der Waals surface area contributed by atoms with E-state index in [1.165, 1.54) is 0 Å². The van der Waals surface area contributed by atoms with E-state index >= 15 is 0 Å². The minimum Gasteiger partial charge on any atom is -0.488 e. The number of benzene rings is 3. The summed E-state index contributed by atoms with van der Waals surface area (Å²) in [4.78, 5) is 25.9. The Morgan fingerprint density at radius 3 is 2.59 bits per heavy atom. The Hall–Kier alpha value is -2.36. The van der Waals surface area contributed by atoms with Crippen molar-refractivity contribution < 1.29 is 14.3 Å². The lowest BCUT2D eigenvalue weighted by atomic mass is 10.1. The van der Waals surface area contributed by atoms with Crippen LogP contribution in [0.3, 0.4) is 0 Å². The number of amides is 2. The molecule has 0 spiro atoms. The highest BCUT2D eigenvalue weighted by Gasteiger charge is 2.34. The molecule has 10 heteroatoms. The molecule has 1 aliphatic heterocycles. The average molecular weight is 594 g/mol. The van der Waals surface area contributed by atoms with Gasteiger partial charge in [0, 0.05) is 31.2 Å². The molecule has 3 aromatic rings. The number of para-hydroxylation sites is 1. The van der Waals surface area contributed by atoms with E-state index < -0.39 is 11.8 Å². The molecule has 1 heterocycles. The number of nitrogens with one attached hydrogen (secondary N) is 1. The Morgan fingerprint density at radius 2 is 1.85 bits per heavy atom. The van der Waals surface area contributed by atoms with E-state index in [0.29, 0.717) is 31.8 Å². The summed E-state index contributed by atoms with van der Waals surface area (Å²) in [5, 5.41) is 2.13. The summed E-state index contributed by atoms with van der Waals surface area (Å²) in [7, 11) is 0. The molecule has 172 valence electrons. The molecule has 0 bridgehead atoms. The van der Waals surface area contributed by atoms with Crippen molar-refractivity contribution in [3.05, 3.63) is 103 Å². The zero-order chi connectivity index (χ0) is 24.2. The second-order valence-electron chi connectivity index (χ2n) is 7.03. The van der Waals surface area contributed by atoms with Crippen LogP contribution in [0.5, 0.6) is 5.75 Å². The summed E-state index contributed by atoms with van der Waals surface area (Å²) < 4.78 is 7.04. The number of nitrogens with zero attached hydrogens (tertiary/aromatic N) is 1. The predicted octanol–water partition coefficient (Wildman–Crippen LogP) is 6.88. The molecule has 0 saturated carbocycles. The van der Waals surface area contributed by atoms with E-state index in [2.05, 4.69) is 21.4 Å². The van der Waals surface area contributed by atoms with Crippen molar-refractivity contribution in [1.82, 2.24) is 10.4 Å². The topological polar surface area (TPSA) is 58.6 Å². The van der Waals surface area contributed by atoms with Crippen LogP contribution in [0, 0.1) is 0 Å². The summed E-state index contributed by atoms with van der Waals surface area (Å²) in [6.07, 6.45) is 1.68. The molecule has 34 heavy (non-hydrogen) atoms. The number of hydrazine groups is 1. The van der Waals surface area contributed by atoms with Gasteiger partial charge in [-0.05, 0) is 60.8 Å². The lowest BCUT2D eigenvalue weighted by molar-refractivity contribution is -0.123. The minimum atomic E-state index is -0.436. The molecular formula is C24H15BrCl2N2O3S2. The fourth-order valence-corrected chi connectivity index (χ4v) is 4.90. The van der Waals surface area contributed by atoms with Gasteiger partial charge in [0.2, 0.25) is 0 Å². The third kappa shape index (κ3) is 5.82. The summed E-state index contributed by atoms with van der Waals surface area (Å²) in [6, 6.07) is 19.3. The smallest absolute Gasteiger partial charge is 0.285 e. The fraction of sp³-hybridized carbons (Fsp3) is 0.0417. The number of rotatable bonds is 6. The van der Waals surface area contributed by atoms with Gasteiger partial charge in [-0.25, -0.2) is 0 Å². The average Bonchev–Trinajstić information content (AvgIpc) is 3.07. The van der Waals surface area contributed by atoms with Crippen molar-refractivity contribution in [3.8, 4) is 5.75 Å². The maximum atomic E-state index is 13.0. The highest BCUT2D eigenvalue weighted by Crippen LogP contribution is 2.34. The Bertz CT molecular complexity index is 1320. The van der Waals surface area contributed by atoms with Gasteiger partial charge in [0.15, 0.2) is 4.32 Å². The van der Waals surface area contributed by atoms with Crippen LogP contribution in [0.15, 0.2) is 76.1 Å². The molecule has 1 aliphatic rings. The van der Waals surface area contributed by atoms with E-state index in [1.54, 1.807) is 54.6 Å². The molecule has 0 radical (unpaired) electrons. The Kier molecular flexibility index (Phi) is 7.95. The summed E-state index contributed by atoms with van der Waals surface area (Å²) in [5.74, 6) is -0.290. The van der Waals surface area contributed by atoms with Crippen molar-refractivity contribution in [2.75, 3.05) is 0 Å². The summed E-state index contributed by atoms with van der Waals surface area (Å²) in [6.45, 7) is 0.227. The van der Waals surface area contributed by atoms with E-state index in [0.717, 1.165) is 26.8 Å². The largest absolute Gasteiger partial charge is 0.488 e. The van der Waals surface area contributed by atoms with Gasteiger partial charge >= 0.3 is 0 Å². The quantitative estimate of drug-likeness (QED) is 0.249. The lowest BCUT2D eigenvalue weighted by Crippen LogP contribution is -2.44. The maximum absolute atomic E-state index is 13.0. The first-order chi connectivity index (χ1) is 16.3. The third-order valence-corrected chi connectivity index (χ3v) is 7.14. The molecule has 0 aromatic heterocycles. The van der Waals surface area contributed by atoms with Gasteiger partial charge < -0.3 is 4.74 Å². The molecule has 4 rings (SSSR count). The Labute approximate surface area is 224 Å². The molecule has 3 aromatic carbocycles. The van der Waals surface area contributed by atoms with Gasteiger partial charge in [-0.15, -0.1) is 0 Å². The number of hydrogen-bond donors (Lipinski definition) is 1. The lowest BCUT2D eigenvalue weighted by Gasteiger charge is -2.15. The first-order valence-corrected chi connectivity index (χ1v) is 12.6. The van der Waals surface area contributed by atoms with Crippen LogP contribution in [-0.4, -0.2) is 21.1 Å². The van der Waals surface area contributed by atoms with E-state index in [4.69, 9.17) is 40.2 Å². The Balaban J connectivity index is 1.49. The van der Waals surface area contributed by atoms with E-state index in [1.807, 2.05) is 18.2 Å². The minimum absolute atomic E-state index is 0.227. The number of hydrogen-bond acceptors (Lipinski definition) is 5. The monoisotopic (exact) mass is 592 g/mol. The normalized spacial score (nSPS) is 14.6. The fourth-order valence-electron chi connectivity index (χ4n) is 3.00. The van der Waals surface area contributed by atoms with Gasteiger partial charge in [0.05, 0.1) is 4.91 Å². The molecule has 2 amide bonds. The van der Waals surface area contributed by atoms with E-state index in [-0.39, 0.29) is 10.9 Å². The maximum Gasteiger partial charge on any atom is 0.285 e. The molecule has 1 N–H and O–H groups in total. The third-order valence-electron chi connectivity index (χ3n) is 4.72. The van der Waals surface area contributed by atoms with E-state index in [9.17, 15) is 9.59 Å².